The van der Waals surface area contributed by atoms with E-state index in [0.29, 0.717) is 30.0 Å². The van der Waals surface area contributed by atoms with Crippen LogP contribution in [-0.2, 0) is 6.42 Å². The van der Waals surface area contributed by atoms with Crippen molar-refractivity contribution in [2.24, 2.45) is 0 Å². The summed E-state index contributed by atoms with van der Waals surface area (Å²) in [6.07, 6.45) is 1.97. The fraction of sp³-hybridized carbons (Fsp3) is 0.118. The molecule has 0 aliphatic rings. The van der Waals surface area contributed by atoms with E-state index in [4.69, 9.17) is 11.6 Å². The highest BCUT2D eigenvalue weighted by Gasteiger charge is 2.05. The van der Waals surface area contributed by atoms with Gasteiger partial charge in [-0.2, -0.15) is 10.1 Å². The van der Waals surface area contributed by atoms with Crippen LogP contribution in [0.1, 0.15) is 5.56 Å². The molecule has 0 spiro atoms. The third kappa shape index (κ3) is 4.60. The zero-order valence-corrected chi connectivity index (χ0v) is 13.8. The van der Waals surface area contributed by atoms with E-state index >= 15 is 0 Å². The van der Waals surface area contributed by atoms with Crippen LogP contribution in [0, 0.1) is 11.6 Å². The van der Waals surface area contributed by atoms with E-state index < -0.39 is 5.82 Å². The second-order valence-corrected chi connectivity index (χ2v) is 5.59. The van der Waals surface area contributed by atoms with Crippen LogP contribution in [-0.4, -0.2) is 21.7 Å². The molecule has 0 atom stereocenters. The number of aromatic nitrogens is 3. The maximum Gasteiger partial charge on any atom is 0.249 e. The average molecular weight is 362 g/mol. The van der Waals surface area contributed by atoms with Gasteiger partial charge < -0.3 is 10.6 Å². The molecule has 2 aromatic carbocycles. The molecule has 1 heterocycles. The van der Waals surface area contributed by atoms with Gasteiger partial charge in [-0.1, -0.05) is 29.8 Å². The molecule has 3 rings (SSSR count). The molecule has 0 aliphatic heterocycles. The summed E-state index contributed by atoms with van der Waals surface area (Å²) in [6.45, 7) is 0.488. The Hall–Kier alpha value is -2.80. The standard InChI is InChI=1S/C17H14ClF2N5/c18-13-9-12(5-6-15(13)20)23-17-24-16(10-22-25-17)21-8-7-11-3-1-2-4-14(11)19/h1-6,9-10H,7-8H2,(H2,21,23,24,25). The van der Waals surface area contributed by atoms with Gasteiger partial charge in [-0.3, -0.25) is 0 Å². The number of nitrogens with zero attached hydrogens (tertiary/aromatic N) is 3. The van der Waals surface area contributed by atoms with E-state index in [1.165, 1.54) is 30.5 Å². The van der Waals surface area contributed by atoms with Crippen molar-refractivity contribution in [2.45, 2.75) is 6.42 Å². The van der Waals surface area contributed by atoms with Crippen molar-refractivity contribution in [3.63, 3.8) is 0 Å². The first-order valence-electron chi connectivity index (χ1n) is 7.51. The maximum atomic E-state index is 13.6. The number of benzene rings is 2. The maximum absolute atomic E-state index is 13.6. The van der Waals surface area contributed by atoms with E-state index in [-0.39, 0.29) is 16.8 Å². The van der Waals surface area contributed by atoms with Crippen LogP contribution in [0.2, 0.25) is 5.02 Å². The molecule has 8 heteroatoms. The summed E-state index contributed by atoms with van der Waals surface area (Å²) >= 11 is 5.74. The number of hydrogen-bond donors (Lipinski definition) is 2. The summed E-state index contributed by atoms with van der Waals surface area (Å²) < 4.78 is 26.7. The molecule has 0 bridgehead atoms. The fourth-order valence-corrected chi connectivity index (χ4v) is 2.35. The number of nitrogens with one attached hydrogen (secondary N) is 2. The van der Waals surface area contributed by atoms with Gasteiger partial charge in [0, 0.05) is 12.2 Å². The lowest BCUT2D eigenvalue weighted by atomic mass is 10.1. The van der Waals surface area contributed by atoms with Gasteiger partial charge >= 0.3 is 0 Å². The largest absolute Gasteiger partial charge is 0.368 e. The molecule has 0 aliphatic carbocycles. The first-order valence-corrected chi connectivity index (χ1v) is 7.89. The van der Waals surface area contributed by atoms with Gasteiger partial charge in [-0.25, -0.2) is 8.78 Å². The minimum atomic E-state index is -0.505. The molecule has 0 saturated heterocycles. The summed E-state index contributed by atoms with van der Waals surface area (Å²) in [7, 11) is 0. The smallest absolute Gasteiger partial charge is 0.249 e. The van der Waals surface area contributed by atoms with Crippen LogP contribution in [0.15, 0.2) is 48.7 Å². The molecule has 1 aromatic heterocycles. The Bertz CT molecular complexity index is 875. The SMILES string of the molecule is Fc1ccc(Nc2nncc(NCCc3ccccc3F)n2)cc1Cl. The summed E-state index contributed by atoms with van der Waals surface area (Å²) in [5.41, 5.74) is 1.16. The second-order valence-electron chi connectivity index (χ2n) is 5.19. The second kappa shape index (κ2) is 7.85. The Morgan fingerprint density at radius 2 is 1.88 bits per heavy atom. The van der Waals surface area contributed by atoms with Gasteiger partial charge in [0.2, 0.25) is 5.95 Å². The lowest BCUT2D eigenvalue weighted by molar-refractivity contribution is 0.610. The number of hydrogen-bond acceptors (Lipinski definition) is 5. The monoisotopic (exact) mass is 361 g/mol. The quantitative estimate of drug-likeness (QED) is 0.689. The van der Waals surface area contributed by atoms with Gasteiger partial charge in [0.15, 0.2) is 5.82 Å². The van der Waals surface area contributed by atoms with E-state index in [2.05, 4.69) is 25.8 Å². The van der Waals surface area contributed by atoms with Crippen LogP contribution < -0.4 is 10.6 Å². The van der Waals surface area contributed by atoms with Crippen molar-refractivity contribution in [3.8, 4) is 0 Å². The predicted molar refractivity (Wildman–Crippen MR) is 93.1 cm³/mol. The van der Waals surface area contributed by atoms with Crippen LogP contribution in [0.4, 0.5) is 26.2 Å². The van der Waals surface area contributed by atoms with Crippen LogP contribution in [0.3, 0.4) is 0 Å². The van der Waals surface area contributed by atoms with E-state index in [1.54, 1.807) is 18.2 Å². The summed E-state index contributed by atoms with van der Waals surface area (Å²) in [5, 5.41) is 13.7. The zero-order valence-electron chi connectivity index (χ0n) is 13.0. The molecular weight excluding hydrogens is 348 g/mol. The summed E-state index contributed by atoms with van der Waals surface area (Å²) in [4.78, 5) is 4.25. The van der Waals surface area contributed by atoms with Crippen molar-refractivity contribution >= 4 is 29.1 Å². The Morgan fingerprint density at radius 1 is 1.04 bits per heavy atom. The van der Waals surface area contributed by atoms with Crippen molar-refractivity contribution in [1.29, 1.82) is 0 Å². The molecule has 128 valence electrons. The molecule has 25 heavy (non-hydrogen) atoms. The van der Waals surface area contributed by atoms with Crippen molar-refractivity contribution in [2.75, 3.05) is 17.2 Å². The average Bonchev–Trinajstić information content (AvgIpc) is 2.60. The lowest BCUT2D eigenvalue weighted by Gasteiger charge is -2.08. The normalized spacial score (nSPS) is 10.5. The zero-order chi connectivity index (χ0) is 17.6. The molecule has 0 saturated carbocycles. The van der Waals surface area contributed by atoms with Crippen LogP contribution >= 0.6 is 11.6 Å². The topological polar surface area (TPSA) is 62.7 Å². The molecule has 5 nitrogen and oxygen atoms in total. The molecule has 0 amide bonds. The van der Waals surface area contributed by atoms with E-state index in [9.17, 15) is 8.78 Å². The minimum absolute atomic E-state index is 0.00266. The highest BCUT2D eigenvalue weighted by molar-refractivity contribution is 6.31. The summed E-state index contributed by atoms with van der Waals surface area (Å²) in [5.74, 6) is -0.0175. The number of anilines is 3. The minimum Gasteiger partial charge on any atom is -0.368 e. The summed E-state index contributed by atoms with van der Waals surface area (Å²) in [6, 6.07) is 10.8. The molecule has 3 aromatic rings. The number of halogens is 3. The van der Waals surface area contributed by atoms with Crippen molar-refractivity contribution in [1.82, 2.24) is 15.2 Å². The Labute approximate surface area is 148 Å². The highest BCUT2D eigenvalue weighted by atomic mass is 35.5. The predicted octanol–water partition coefficient (Wildman–Crippen LogP) is 4.20. The van der Waals surface area contributed by atoms with Gasteiger partial charge in [-0.05, 0) is 36.2 Å². The van der Waals surface area contributed by atoms with Gasteiger partial charge in [0.1, 0.15) is 11.6 Å². The third-order valence-corrected chi connectivity index (χ3v) is 3.68. The van der Waals surface area contributed by atoms with E-state index in [0.717, 1.165) is 0 Å². The molecular formula is C17H14ClF2N5. The van der Waals surface area contributed by atoms with E-state index in [1.807, 2.05) is 0 Å². The highest BCUT2D eigenvalue weighted by Crippen LogP contribution is 2.21. The first kappa shape index (κ1) is 17.0. The van der Waals surface area contributed by atoms with Gasteiger partial charge in [0.25, 0.3) is 0 Å². The third-order valence-electron chi connectivity index (χ3n) is 3.39. The van der Waals surface area contributed by atoms with Gasteiger partial charge in [-0.15, -0.1) is 5.10 Å². The van der Waals surface area contributed by atoms with Crippen LogP contribution in [0.25, 0.3) is 0 Å². The van der Waals surface area contributed by atoms with Gasteiger partial charge in [0.05, 0.1) is 11.2 Å². The first-order chi connectivity index (χ1) is 12.1. The molecule has 0 fully saturated rings. The molecule has 0 radical (unpaired) electrons. The Morgan fingerprint density at radius 3 is 2.68 bits per heavy atom. The number of rotatable bonds is 6. The fourth-order valence-electron chi connectivity index (χ4n) is 2.17. The van der Waals surface area contributed by atoms with Crippen molar-refractivity contribution in [3.05, 3.63) is 70.9 Å². The molecule has 0 unspecified atom stereocenters. The Balaban J connectivity index is 1.61. The van der Waals surface area contributed by atoms with Crippen molar-refractivity contribution < 1.29 is 8.78 Å². The molecule has 2 N–H and O–H groups in total. The Kier molecular flexibility index (Phi) is 5.35. The van der Waals surface area contributed by atoms with Crippen LogP contribution in [0.5, 0.6) is 0 Å². The lowest BCUT2D eigenvalue weighted by Crippen LogP contribution is -2.09.